The van der Waals surface area contributed by atoms with Crippen LogP contribution < -0.4 is 14.8 Å². The molecule has 0 unspecified atom stereocenters. The number of benzene rings is 2. The molecule has 0 aliphatic heterocycles. The number of nitrogens with one attached hydrogen (secondary N) is 1. The molecule has 2 aromatic carbocycles. The Labute approximate surface area is 154 Å². The zero-order valence-corrected chi connectivity index (χ0v) is 15.6. The summed E-state index contributed by atoms with van der Waals surface area (Å²) in [4.78, 5) is 0. The fraction of sp³-hybridized carbons (Fsp3) is 0.222. The number of ether oxygens (including phenoxy) is 2. The molecule has 24 heavy (non-hydrogen) atoms. The summed E-state index contributed by atoms with van der Waals surface area (Å²) >= 11 is 9.59. The summed E-state index contributed by atoms with van der Waals surface area (Å²) in [6.45, 7) is 5.15. The largest absolute Gasteiger partial charge is 0.493 e. The van der Waals surface area contributed by atoms with Crippen molar-refractivity contribution < 1.29 is 13.9 Å². The Bertz CT molecular complexity index is 724. The summed E-state index contributed by atoms with van der Waals surface area (Å²) < 4.78 is 25.4. The molecular formula is C18H18BrClFNO2. The van der Waals surface area contributed by atoms with Crippen molar-refractivity contribution in [3.05, 3.63) is 69.4 Å². The number of rotatable bonds is 8. The van der Waals surface area contributed by atoms with E-state index in [0.717, 1.165) is 10.0 Å². The van der Waals surface area contributed by atoms with Crippen LogP contribution in [0.5, 0.6) is 11.5 Å². The van der Waals surface area contributed by atoms with Crippen molar-refractivity contribution in [1.29, 1.82) is 0 Å². The smallest absolute Gasteiger partial charge is 0.167 e. The Balaban J connectivity index is 2.26. The summed E-state index contributed by atoms with van der Waals surface area (Å²) in [5.74, 6) is 0.855. The van der Waals surface area contributed by atoms with Gasteiger partial charge in [0, 0.05) is 28.7 Å². The molecule has 0 aliphatic rings. The van der Waals surface area contributed by atoms with Gasteiger partial charge in [0.15, 0.2) is 11.5 Å². The van der Waals surface area contributed by atoms with Crippen LogP contribution in [0.15, 0.2) is 47.5 Å². The molecule has 0 fully saturated rings. The van der Waals surface area contributed by atoms with E-state index in [2.05, 4.69) is 27.8 Å². The minimum Gasteiger partial charge on any atom is -0.493 e. The van der Waals surface area contributed by atoms with E-state index in [4.69, 9.17) is 21.1 Å². The number of hydrogen-bond acceptors (Lipinski definition) is 3. The van der Waals surface area contributed by atoms with Gasteiger partial charge < -0.3 is 14.8 Å². The second-order valence-electron chi connectivity index (χ2n) is 5.00. The maximum Gasteiger partial charge on any atom is 0.167 e. The minimum absolute atomic E-state index is 0.209. The normalized spacial score (nSPS) is 10.5. The molecule has 0 amide bonds. The third-order valence-electron chi connectivity index (χ3n) is 3.36. The first-order valence-corrected chi connectivity index (χ1v) is 8.47. The first kappa shape index (κ1) is 18.8. The van der Waals surface area contributed by atoms with Gasteiger partial charge in [-0.1, -0.05) is 39.7 Å². The van der Waals surface area contributed by atoms with Crippen LogP contribution >= 0.6 is 27.5 Å². The van der Waals surface area contributed by atoms with Gasteiger partial charge in [-0.15, -0.1) is 6.58 Å². The summed E-state index contributed by atoms with van der Waals surface area (Å²) in [6.07, 6.45) is 1.78. The van der Waals surface area contributed by atoms with Crippen LogP contribution in [0.2, 0.25) is 5.02 Å². The van der Waals surface area contributed by atoms with Crippen molar-refractivity contribution in [3.63, 3.8) is 0 Å². The molecule has 128 valence electrons. The maximum atomic E-state index is 13.2. The van der Waals surface area contributed by atoms with Crippen molar-refractivity contribution in [3.8, 4) is 11.5 Å². The standard InChI is InChI=1S/C18H18BrClFNO2/c1-3-8-22-10-14-15(19)6-7-17(23-2)18(14)24-11-12-4-5-13(21)9-16(12)20/h3-7,9,22H,1,8,10-11H2,2H3. The quantitative estimate of drug-likeness (QED) is 0.481. The van der Waals surface area contributed by atoms with E-state index in [1.807, 2.05) is 12.1 Å². The average molecular weight is 415 g/mol. The lowest BCUT2D eigenvalue weighted by Crippen LogP contribution is -2.14. The van der Waals surface area contributed by atoms with Gasteiger partial charge in [-0.05, 0) is 24.3 Å². The van der Waals surface area contributed by atoms with Gasteiger partial charge in [-0.25, -0.2) is 4.39 Å². The number of halogens is 3. The van der Waals surface area contributed by atoms with Crippen molar-refractivity contribution in [2.45, 2.75) is 13.2 Å². The Morgan fingerprint density at radius 2 is 2.12 bits per heavy atom. The predicted octanol–water partition coefficient (Wildman–Crippen LogP) is 5.10. The topological polar surface area (TPSA) is 30.5 Å². The molecule has 1 N–H and O–H groups in total. The number of hydrogen-bond donors (Lipinski definition) is 1. The molecule has 2 aromatic rings. The summed E-state index contributed by atoms with van der Waals surface area (Å²) in [7, 11) is 1.59. The second-order valence-corrected chi connectivity index (χ2v) is 6.26. The first-order valence-electron chi connectivity index (χ1n) is 7.30. The molecule has 0 aliphatic carbocycles. The molecule has 0 radical (unpaired) electrons. The number of methoxy groups -OCH3 is 1. The van der Waals surface area contributed by atoms with Crippen LogP contribution in [-0.4, -0.2) is 13.7 Å². The van der Waals surface area contributed by atoms with Crippen molar-refractivity contribution in [2.24, 2.45) is 0 Å². The van der Waals surface area contributed by atoms with Crippen molar-refractivity contribution in [1.82, 2.24) is 5.32 Å². The monoisotopic (exact) mass is 413 g/mol. The zero-order valence-electron chi connectivity index (χ0n) is 13.2. The van der Waals surface area contributed by atoms with E-state index < -0.39 is 0 Å². The van der Waals surface area contributed by atoms with Crippen LogP contribution in [0.25, 0.3) is 0 Å². The molecule has 0 spiro atoms. The van der Waals surface area contributed by atoms with Crippen LogP contribution in [0.3, 0.4) is 0 Å². The average Bonchev–Trinajstić information content (AvgIpc) is 2.56. The summed E-state index contributed by atoms with van der Waals surface area (Å²) in [5.41, 5.74) is 1.62. The van der Waals surface area contributed by atoms with E-state index in [-0.39, 0.29) is 12.4 Å². The third-order valence-corrected chi connectivity index (χ3v) is 4.46. The molecule has 0 saturated carbocycles. The van der Waals surface area contributed by atoms with Gasteiger partial charge in [0.2, 0.25) is 0 Å². The molecule has 3 nitrogen and oxygen atoms in total. The van der Waals surface area contributed by atoms with Gasteiger partial charge in [-0.3, -0.25) is 0 Å². The summed E-state index contributed by atoms with van der Waals surface area (Å²) in [5, 5.41) is 3.57. The zero-order chi connectivity index (χ0) is 17.5. The Morgan fingerprint density at radius 1 is 1.33 bits per heavy atom. The molecular weight excluding hydrogens is 397 g/mol. The fourth-order valence-electron chi connectivity index (χ4n) is 2.15. The molecule has 0 atom stereocenters. The van der Waals surface area contributed by atoms with E-state index >= 15 is 0 Å². The van der Waals surface area contributed by atoms with Crippen LogP contribution in [-0.2, 0) is 13.2 Å². The maximum absolute atomic E-state index is 13.2. The van der Waals surface area contributed by atoms with Gasteiger partial charge >= 0.3 is 0 Å². The highest BCUT2D eigenvalue weighted by molar-refractivity contribution is 9.10. The van der Waals surface area contributed by atoms with E-state index in [0.29, 0.717) is 35.2 Å². The molecule has 2 rings (SSSR count). The molecule has 6 heteroatoms. The van der Waals surface area contributed by atoms with Gasteiger partial charge in [0.25, 0.3) is 0 Å². The van der Waals surface area contributed by atoms with E-state index in [1.165, 1.54) is 12.1 Å². The van der Waals surface area contributed by atoms with E-state index in [1.54, 1.807) is 19.3 Å². The van der Waals surface area contributed by atoms with Crippen molar-refractivity contribution >= 4 is 27.5 Å². The minimum atomic E-state index is -0.377. The lowest BCUT2D eigenvalue weighted by molar-refractivity contribution is 0.280. The van der Waals surface area contributed by atoms with E-state index in [9.17, 15) is 4.39 Å². The second kappa shape index (κ2) is 9.06. The predicted molar refractivity (Wildman–Crippen MR) is 98.3 cm³/mol. The highest BCUT2D eigenvalue weighted by atomic mass is 79.9. The lowest BCUT2D eigenvalue weighted by Gasteiger charge is -2.17. The third kappa shape index (κ3) is 4.72. The van der Waals surface area contributed by atoms with Crippen LogP contribution in [0, 0.1) is 5.82 Å². The highest BCUT2D eigenvalue weighted by Gasteiger charge is 2.15. The van der Waals surface area contributed by atoms with Gasteiger partial charge in [-0.2, -0.15) is 0 Å². The Hall–Kier alpha value is -1.56. The van der Waals surface area contributed by atoms with Crippen LogP contribution in [0.4, 0.5) is 4.39 Å². The Morgan fingerprint density at radius 3 is 2.79 bits per heavy atom. The summed E-state index contributed by atoms with van der Waals surface area (Å²) in [6, 6.07) is 7.96. The lowest BCUT2D eigenvalue weighted by atomic mass is 10.1. The van der Waals surface area contributed by atoms with Crippen LogP contribution in [0.1, 0.15) is 11.1 Å². The molecule has 0 saturated heterocycles. The highest BCUT2D eigenvalue weighted by Crippen LogP contribution is 2.37. The molecule has 0 heterocycles. The molecule has 0 bridgehead atoms. The van der Waals surface area contributed by atoms with Gasteiger partial charge in [0.05, 0.1) is 12.1 Å². The Kier molecular flexibility index (Phi) is 7.09. The molecule has 0 aromatic heterocycles. The van der Waals surface area contributed by atoms with Gasteiger partial charge in [0.1, 0.15) is 12.4 Å². The van der Waals surface area contributed by atoms with Crippen molar-refractivity contribution in [2.75, 3.05) is 13.7 Å². The fourth-order valence-corrected chi connectivity index (χ4v) is 2.83. The first-order chi connectivity index (χ1) is 11.6. The SMILES string of the molecule is C=CCNCc1c(Br)ccc(OC)c1OCc1ccc(F)cc1Cl.